The summed E-state index contributed by atoms with van der Waals surface area (Å²) in [6.45, 7) is 8.87. The van der Waals surface area contributed by atoms with E-state index in [2.05, 4.69) is 13.8 Å². The Labute approximate surface area is 221 Å². The van der Waals surface area contributed by atoms with Crippen molar-refractivity contribution in [3.8, 4) is 0 Å². The van der Waals surface area contributed by atoms with Gasteiger partial charge in [0, 0.05) is 11.5 Å². The van der Waals surface area contributed by atoms with E-state index in [1.165, 1.54) is 51.0 Å². The van der Waals surface area contributed by atoms with E-state index in [1.54, 1.807) is 6.26 Å². The maximum absolute atomic E-state index is 12.2. The minimum absolute atomic E-state index is 0.105. The predicted octanol–water partition coefficient (Wildman–Crippen LogP) is 8.10. The summed E-state index contributed by atoms with van der Waals surface area (Å²) in [5, 5.41) is 12.2. The molecule has 5 rings (SSSR count). The van der Waals surface area contributed by atoms with Crippen LogP contribution in [0.2, 0.25) is 0 Å². The van der Waals surface area contributed by atoms with Gasteiger partial charge in [0.2, 0.25) is 0 Å². The quantitative estimate of drug-likeness (QED) is 0.335. The first kappa shape index (κ1) is 28.7. The molecule has 1 N–H and O–H groups in total. The molecule has 7 unspecified atom stereocenters. The van der Waals surface area contributed by atoms with Crippen molar-refractivity contribution in [1.29, 1.82) is 0 Å². The second kappa shape index (κ2) is 11.7. The van der Waals surface area contributed by atoms with E-state index in [0.717, 1.165) is 30.7 Å². The van der Waals surface area contributed by atoms with Crippen molar-refractivity contribution < 1.29 is 40.2 Å². The fraction of sp³-hybridized carbons (Fsp3) is 0.808. The molecule has 0 amide bonds. The summed E-state index contributed by atoms with van der Waals surface area (Å²) in [6.07, 6.45) is 13.9. The van der Waals surface area contributed by atoms with Gasteiger partial charge in [-0.2, -0.15) is 0 Å². The van der Waals surface area contributed by atoms with Crippen molar-refractivity contribution >= 4 is 16.9 Å². The zero-order valence-electron chi connectivity index (χ0n) is 20.6. The van der Waals surface area contributed by atoms with Crippen LogP contribution in [-0.2, 0) is 0 Å². The summed E-state index contributed by atoms with van der Waals surface area (Å²) in [5.41, 5.74) is 15.7. The maximum atomic E-state index is 12.2. The first-order chi connectivity index (χ1) is 15.6. The van der Waals surface area contributed by atoms with Crippen molar-refractivity contribution in [1.82, 2.24) is 0 Å². The van der Waals surface area contributed by atoms with Gasteiger partial charge in [-0.1, -0.05) is 40.5 Å². The summed E-state index contributed by atoms with van der Waals surface area (Å²) in [5.74, 6) is 2.30. The molecule has 1 heterocycles. The molecule has 7 heteroatoms. The van der Waals surface area contributed by atoms with E-state index in [-0.39, 0.29) is 11.0 Å². The Balaban J connectivity index is 0.000000464. The molecule has 33 heavy (non-hydrogen) atoms. The van der Waals surface area contributed by atoms with Gasteiger partial charge in [-0.05, 0) is 92.1 Å². The van der Waals surface area contributed by atoms with E-state index >= 15 is 0 Å². The van der Waals surface area contributed by atoms with Gasteiger partial charge in [-0.3, -0.25) is 0 Å². The van der Waals surface area contributed by atoms with Gasteiger partial charge >= 0.3 is 53.2 Å². The van der Waals surface area contributed by atoms with Crippen molar-refractivity contribution in [2.75, 3.05) is 0 Å². The number of fused-ring (bicyclic) bond motifs is 5. The van der Waals surface area contributed by atoms with Crippen LogP contribution in [0.15, 0.2) is 27.6 Å². The van der Waals surface area contributed by atoms with Crippen LogP contribution in [0.1, 0.15) is 103 Å². The van der Waals surface area contributed by atoms with E-state index < -0.39 is 36.3 Å². The molecule has 3 nitrogen and oxygen atoms in total. The molecule has 7 atom stereocenters. The van der Waals surface area contributed by atoms with Crippen molar-refractivity contribution in [3.05, 3.63) is 34.4 Å². The van der Waals surface area contributed by atoms with Crippen molar-refractivity contribution in [3.63, 3.8) is 0 Å². The van der Waals surface area contributed by atoms with Crippen molar-refractivity contribution in [2.45, 2.75) is 103 Å². The van der Waals surface area contributed by atoms with Crippen LogP contribution in [0.5, 0.6) is 0 Å². The molecular weight excluding hydrogens is 607 g/mol. The Morgan fingerprint density at radius 1 is 0.939 bits per heavy atom. The number of aliphatic hydroxyl groups is 1. The first-order valence-corrected chi connectivity index (χ1v) is 26.5. The fourth-order valence-corrected chi connectivity index (χ4v) is 8.36. The summed E-state index contributed by atoms with van der Waals surface area (Å²) in [7, 11) is 0. The number of rotatable bonds is 1. The summed E-state index contributed by atoms with van der Waals surface area (Å²) in [6, 6.07) is 3.47. The molecule has 1 aromatic rings. The SMILES string of the molecule is CC.CC12CCCCC1CCC1C2CCC2(C)C(c3ccc(=O)oc3)CCC12O.[Cl][CeH]([Cl])[Cl]. The third-order valence-electron chi connectivity index (χ3n) is 9.90. The third-order valence-corrected chi connectivity index (χ3v) is 9.90. The first-order valence-electron chi connectivity index (χ1n) is 12.9. The van der Waals surface area contributed by atoms with Gasteiger partial charge in [0.05, 0.1) is 11.9 Å². The monoisotopic (exact) mass is 646 g/mol. The molecule has 4 aliphatic rings. The Hall–Kier alpha value is 1.16. The molecular formula is C26H41CeCl3O3. The van der Waals surface area contributed by atoms with Gasteiger partial charge in [0.25, 0.3) is 0 Å². The molecule has 0 spiro atoms. The number of hydrogen-bond acceptors (Lipinski definition) is 3. The van der Waals surface area contributed by atoms with E-state index in [4.69, 9.17) is 21.3 Å². The molecule has 4 saturated carbocycles. The zero-order valence-corrected chi connectivity index (χ0v) is 26.5. The summed E-state index contributed by atoms with van der Waals surface area (Å²) < 4.78 is 5.18. The van der Waals surface area contributed by atoms with E-state index in [1.807, 2.05) is 19.9 Å². The third kappa shape index (κ3) is 5.41. The normalized spacial score (nSPS) is 41.5. The Bertz CT molecular complexity index is 825. The molecule has 4 aliphatic carbocycles. The van der Waals surface area contributed by atoms with E-state index in [9.17, 15) is 9.90 Å². The predicted molar refractivity (Wildman–Crippen MR) is 136 cm³/mol. The van der Waals surface area contributed by atoms with E-state index in [0.29, 0.717) is 23.2 Å². The molecule has 188 valence electrons. The summed E-state index contributed by atoms with van der Waals surface area (Å²) >= 11 is -2.31. The number of hydrogen-bond donors (Lipinski definition) is 1. The minimum atomic E-state index is -2.31. The van der Waals surface area contributed by atoms with Crippen LogP contribution in [0.3, 0.4) is 0 Å². The second-order valence-corrected chi connectivity index (χ2v) is 26.8. The number of halogens is 3. The Kier molecular flexibility index (Phi) is 10.2. The van der Waals surface area contributed by atoms with Gasteiger partial charge < -0.3 is 9.52 Å². The van der Waals surface area contributed by atoms with Crippen LogP contribution < -0.4 is 5.63 Å². The van der Waals surface area contributed by atoms with Crippen LogP contribution in [0, 0.1) is 59.3 Å². The standard InChI is InChI=1S/C24H34O3.C2H6.Ce.3ClH.H/c1-22-12-4-3-5-17(22)7-8-20-19(22)10-13-23(2)18(11-14-24(20,23)26)16-6-9-21(25)27-15-16;1-2;;;;;/h6,9,15,17-20,26H,3-5,7-8,10-14H2,1-2H3;1-2H3;;3*1H;/q;;+3;;;;/p-3. The topological polar surface area (TPSA) is 50.4 Å². The molecule has 0 radical (unpaired) electrons. The average Bonchev–Trinajstić information content (AvgIpc) is 3.06. The van der Waals surface area contributed by atoms with Crippen LogP contribution in [-0.4, -0.2) is 10.7 Å². The van der Waals surface area contributed by atoms with Crippen LogP contribution >= 0.6 is 16.9 Å². The molecule has 0 aromatic carbocycles. The molecule has 0 saturated heterocycles. The molecule has 4 fully saturated rings. The molecule has 0 bridgehead atoms. The van der Waals surface area contributed by atoms with Gasteiger partial charge in [-0.15, -0.1) is 0 Å². The van der Waals surface area contributed by atoms with Crippen LogP contribution in [0.4, 0.5) is 0 Å². The van der Waals surface area contributed by atoms with Gasteiger partial charge in [0.15, 0.2) is 0 Å². The average molecular weight is 648 g/mol. The molecule has 0 aliphatic heterocycles. The fourth-order valence-electron chi connectivity index (χ4n) is 8.36. The molecule has 1 aromatic heterocycles. The Morgan fingerprint density at radius 3 is 2.27 bits per heavy atom. The van der Waals surface area contributed by atoms with Gasteiger partial charge in [-0.25, -0.2) is 4.79 Å². The Morgan fingerprint density at radius 2 is 1.64 bits per heavy atom. The second-order valence-electron chi connectivity index (χ2n) is 10.8. The van der Waals surface area contributed by atoms with Crippen LogP contribution in [0.25, 0.3) is 0 Å². The van der Waals surface area contributed by atoms with Crippen molar-refractivity contribution in [2.24, 2.45) is 28.6 Å². The van der Waals surface area contributed by atoms with Gasteiger partial charge in [0.1, 0.15) is 0 Å². The summed E-state index contributed by atoms with van der Waals surface area (Å²) in [4.78, 5) is 11.4. The zero-order chi connectivity index (χ0) is 24.4.